The number of nitrogens with zero attached hydrogens (tertiary/aromatic N) is 2. The van der Waals surface area contributed by atoms with Crippen LogP contribution in [0.15, 0.2) is 0 Å². The Hall–Kier alpha value is 0.690. The summed E-state index contributed by atoms with van der Waals surface area (Å²) in [5.74, 6) is 0. The quantitative estimate of drug-likeness (QED) is 0.799. The fraction of sp³-hybridized carbons (Fsp3) is 0.900. The van der Waals surface area contributed by atoms with Gasteiger partial charge in [-0.1, -0.05) is 0 Å². The molecular weight excluding hydrogens is 317 g/mol. The third-order valence-electron chi connectivity index (χ3n) is 3.78. The first-order valence-electron chi connectivity index (χ1n) is 6.12. The summed E-state index contributed by atoms with van der Waals surface area (Å²) in [5, 5.41) is 9.02. The summed E-state index contributed by atoms with van der Waals surface area (Å²) in [7, 11) is 0. The van der Waals surface area contributed by atoms with Crippen molar-refractivity contribution in [2.45, 2.75) is 31.7 Å². The first kappa shape index (κ1) is 16.7. The third kappa shape index (κ3) is 3.62. The van der Waals surface area contributed by atoms with Crippen LogP contribution in [0.3, 0.4) is 0 Å². The van der Waals surface area contributed by atoms with Gasteiger partial charge >= 0.3 is 112 Å². The van der Waals surface area contributed by atoms with Crippen LogP contribution in [0.1, 0.15) is 25.7 Å². The minimum absolute atomic E-state index is 0. The molecule has 2 aliphatic heterocycles. The predicted octanol–water partition coefficient (Wildman–Crippen LogP) is 3.62. The summed E-state index contributed by atoms with van der Waals surface area (Å²) in [4.78, 5) is 13.5. The van der Waals surface area contributed by atoms with Gasteiger partial charge in [0.1, 0.15) is 0 Å². The van der Waals surface area contributed by atoms with Crippen molar-refractivity contribution in [3.05, 3.63) is 0 Å². The summed E-state index contributed by atoms with van der Waals surface area (Å²) in [6.07, 6.45) is 1.28. The van der Waals surface area contributed by atoms with E-state index in [9.17, 15) is 4.79 Å². The van der Waals surface area contributed by atoms with E-state index in [1.165, 1.54) is 25.9 Å². The van der Waals surface area contributed by atoms with Crippen LogP contribution in [0, 0.1) is 0 Å². The van der Waals surface area contributed by atoms with E-state index >= 15 is 0 Å². The number of carbonyl (C=O) groups is 1. The first-order valence-corrected chi connectivity index (χ1v) is 10.1. The molecular formula is C10H20Cl3N2O2P. The molecule has 108 valence electrons. The molecule has 0 atom stereocenters. The van der Waals surface area contributed by atoms with Crippen LogP contribution in [-0.2, 0) is 0 Å². The minimum atomic E-state index is -3.27. The van der Waals surface area contributed by atoms with Crippen molar-refractivity contribution >= 4 is 46.7 Å². The number of rotatable bonds is 3. The number of piperidine rings is 1. The molecule has 0 aromatic carbocycles. The molecule has 2 aliphatic rings. The Morgan fingerprint density at radius 2 is 1.61 bits per heavy atom. The molecule has 2 heterocycles. The molecule has 2 fully saturated rings. The Kier molecular flexibility index (Phi) is 6.43. The van der Waals surface area contributed by atoms with Crippen LogP contribution in [0.2, 0.25) is 0 Å². The van der Waals surface area contributed by atoms with Crippen molar-refractivity contribution < 1.29 is 9.90 Å². The third-order valence-corrected chi connectivity index (χ3v) is 7.94. The summed E-state index contributed by atoms with van der Waals surface area (Å²) in [5.41, 5.74) is -1.04. The Morgan fingerprint density at radius 3 is 2.06 bits per heavy atom. The summed E-state index contributed by atoms with van der Waals surface area (Å²) in [6, 6.07) is 0.598. The zero-order valence-electron chi connectivity index (χ0n) is 10.1. The van der Waals surface area contributed by atoms with Crippen molar-refractivity contribution in [2.75, 3.05) is 26.2 Å². The molecule has 0 unspecified atom stereocenters. The molecule has 0 spiro atoms. The standard InChI is InChI=1S/C10H19Cl2N2O2P.ClH/c11-17(12,10(15)16)14-7-3-9(4-8-14)13-5-1-2-6-13;/h9,17H,1-8H2,(H,15,16);1H. The number of hydrogen-bond acceptors (Lipinski definition) is 3. The number of hydrogen-bond donors (Lipinski definition) is 1. The van der Waals surface area contributed by atoms with E-state index in [4.69, 9.17) is 27.6 Å². The van der Waals surface area contributed by atoms with Crippen LogP contribution in [-0.4, -0.2) is 52.6 Å². The van der Waals surface area contributed by atoms with Crippen molar-refractivity contribution in [3.8, 4) is 0 Å². The van der Waals surface area contributed by atoms with Gasteiger partial charge in [-0.05, 0) is 0 Å². The van der Waals surface area contributed by atoms with Crippen molar-refractivity contribution in [3.63, 3.8) is 0 Å². The first-order chi connectivity index (χ1) is 8.01. The van der Waals surface area contributed by atoms with Gasteiger partial charge in [0.15, 0.2) is 0 Å². The summed E-state index contributed by atoms with van der Waals surface area (Å²) < 4.78 is 1.78. The Bertz CT molecular complexity index is 293. The molecule has 8 heteroatoms. The molecule has 0 saturated carbocycles. The van der Waals surface area contributed by atoms with E-state index in [0.717, 1.165) is 12.8 Å². The van der Waals surface area contributed by atoms with Crippen LogP contribution in [0.25, 0.3) is 0 Å². The zero-order valence-corrected chi connectivity index (χ0v) is 13.5. The Balaban J connectivity index is 0.00000162. The molecule has 0 aromatic rings. The van der Waals surface area contributed by atoms with Gasteiger partial charge in [0, 0.05) is 0 Å². The van der Waals surface area contributed by atoms with E-state index in [0.29, 0.717) is 19.1 Å². The zero-order chi connectivity index (χ0) is 12.5. The van der Waals surface area contributed by atoms with Crippen LogP contribution in [0.5, 0.6) is 0 Å². The summed E-state index contributed by atoms with van der Waals surface area (Å²) >= 11 is 11.9. The van der Waals surface area contributed by atoms with Crippen LogP contribution in [0.4, 0.5) is 4.79 Å². The number of carboxylic acid groups (broad SMARTS) is 1. The van der Waals surface area contributed by atoms with Crippen molar-refractivity contribution in [2.24, 2.45) is 0 Å². The monoisotopic (exact) mass is 336 g/mol. The molecule has 0 bridgehead atoms. The van der Waals surface area contributed by atoms with Gasteiger partial charge in [0.2, 0.25) is 0 Å². The molecule has 0 amide bonds. The van der Waals surface area contributed by atoms with E-state index in [1.54, 1.807) is 4.67 Å². The van der Waals surface area contributed by atoms with Gasteiger partial charge in [-0.15, -0.1) is 12.4 Å². The topological polar surface area (TPSA) is 43.8 Å². The normalized spacial score (nSPS) is 24.8. The Morgan fingerprint density at radius 1 is 1.11 bits per heavy atom. The predicted molar refractivity (Wildman–Crippen MR) is 80.7 cm³/mol. The number of likely N-dealkylation sites (tertiary alicyclic amines) is 1. The SMILES string of the molecule is Cl.O=C(O)[PH](Cl)(Cl)N1CCC(N2CCCC2)CC1. The number of halogens is 3. The van der Waals surface area contributed by atoms with Gasteiger partial charge in [0.25, 0.3) is 0 Å². The van der Waals surface area contributed by atoms with Crippen LogP contribution < -0.4 is 0 Å². The molecule has 0 radical (unpaired) electrons. The fourth-order valence-corrected chi connectivity index (χ4v) is 4.86. The maximum absolute atomic E-state index is 11.0. The molecule has 18 heavy (non-hydrogen) atoms. The Labute approximate surface area is 124 Å². The van der Waals surface area contributed by atoms with Crippen molar-refractivity contribution in [1.29, 1.82) is 0 Å². The van der Waals surface area contributed by atoms with E-state index in [-0.39, 0.29) is 12.4 Å². The molecule has 2 saturated heterocycles. The van der Waals surface area contributed by atoms with E-state index in [1.807, 2.05) is 0 Å². The second-order valence-electron chi connectivity index (χ2n) is 4.81. The van der Waals surface area contributed by atoms with Gasteiger partial charge in [0.05, 0.1) is 0 Å². The van der Waals surface area contributed by atoms with E-state index < -0.39 is 11.8 Å². The second-order valence-corrected chi connectivity index (χ2v) is 10.8. The average molecular weight is 338 g/mol. The van der Waals surface area contributed by atoms with Gasteiger partial charge in [-0.3, -0.25) is 0 Å². The average Bonchev–Trinajstić information content (AvgIpc) is 2.82. The fourth-order valence-electron chi connectivity index (χ4n) is 2.75. The molecule has 0 aromatic heterocycles. The van der Waals surface area contributed by atoms with E-state index in [2.05, 4.69) is 4.90 Å². The van der Waals surface area contributed by atoms with Crippen molar-refractivity contribution in [1.82, 2.24) is 9.57 Å². The summed E-state index contributed by atoms with van der Waals surface area (Å²) in [6.45, 7) is 3.81. The second kappa shape index (κ2) is 6.92. The molecule has 1 N–H and O–H groups in total. The molecule has 2 rings (SSSR count). The molecule has 4 nitrogen and oxygen atoms in total. The molecule has 0 aliphatic carbocycles. The maximum atomic E-state index is 11.0. The van der Waals surface area contributed by atoms with Gasteiger partial charge in [-0.25, -0.2) is 0 Å². The van der Waals surface area contributed by atoms with Gasteiger partial charge in [-0.2, -0.15) is 0 Å². The van der Waals surface area contributed by atoms with Gasteiger partial charge < -0.3 is 0 Å². The van der Waals surface area contributed by atoms with Crippen LogP contribution >= 0.6 is 41.0 Å².